The predicted molar refractivity (Wildman–Crippen MR) is 131 cm³/mol. The zero-order valence-corrected chi connectivity index (χ0v) is 21.8. The van der Waals surface area contributed by atoms with Crippen molar-refractivity contribution in [1.29, 1.82) is 0 Å². The molecule has 2 fully saturated rings. The van der Waals surface area contributed by atoms with Gasteiger partial charge in [0.2, 0.25) is 20.0 Å². The van der Waals surface area contributed by atoms with Crippen LogP contribution in [0.15, 0.2) is 53.7 Å². The first-order chi connectivity index (χ1) is 17.5. The Bertz CT molecular complexity index is 1270. The Kier molecular flexibility index (Phi) is 8.46. The predicted octanol–water partition coefficient (Wildman–Crippen LogP) is 3.91. The fourth-order valence-electron chi connectivity index (χ4n) is 4.93. The van der Waals surface area contributed by atoms with Crippen molar-refractivity contribution in [2.24, 2.45) is 0 Å². The van der Waals surface area contributed by atoms with Gasteiger partial charge in [0.1, 0.15) is 11.9 Å². The van der Waals surface area contributed by atoms with E-state index in [2.05, 4.69) is 4.98 Å². The van der Waals surface area contributed by atoms with Crippen LogP contribution in [0.5, 0.6) is 5.75 Å². The largest absolute Gasteiger partial charge is 0.490 e. The van der Waals surface area contributed by atoms with E-state index in [0.29, 0.717) is 44.5 Å². The minimum absolute atomic E-state index is 0.0920. The maximum atomic E-state index is 13.4. The molecular weight excluding hydrogens is 531 g/mol. The minimum atomic E-state index is -4.80. The Hall–Kier alpha value is -2.22. The van der Waals surface area contributed by atoms with Gasteiger partial charge in [-0.2, -0.15) is 17.5 Å². The van der Waals surface area contributed by atoms with E-state index in [9.17, 15) is 30.0 Å². The van der Waals surface area contributed by atoms with Gasteiger partial charge < -0.3 is 4.74 Å². The van der Waals surface area contributed by atoms with Gasteiger partial charge in [0, 0.05) is 38.1 Å². The number of sulfonamides is 2. The van der Waals surface area contributed by atoms with Crippen molar-refractivity contribution in [3.05, 3.63) is 54.4 Å². The Morgan fingerprint density at radius 2 is 1.62 bits per heavy atom. The number of piperidine rings is 1. The fourth-order valence-corrected chi connectivity index (χ4v) is 8.43. The van der Waals surface area contributed by atoms with E-state index in [4.69, 9.17) is 4.74 Å². The molecule has 2 aromatic rings. The van der Waals surface area contributed by atoms with E-state index in [1.54, 1.807) is 24.5 Å². The van der Waals surface area contributed by atoms with E-state index in [1.165, 1.54) is 10.4 Å². The lowest BCUT2D eigenvalue weighted by molar-refractivity contribution is -0.139. The summed E-state index contributed by atoms with van der Waals surface area (Å²) in [6.07, 6.45) is 0.919. The second-order valence-corrected chi connectivity index (χ2v) is 13.2. The molecule has 1 unspecified atom stereocenters. The third-order valence-corrected chi connectivity index (χ3v) is 10.8. The summed E-state index contributed by atoms with van der Waals surface area (Å²) in [5, 5.41) is 0. The number of halogens is 3. The lowest BCUT2D eigenvalue weighted by Crippen LogP contribution is -2.43. The monoisotopic (exact) mass is 561 g/mol. The molecule has 13 heteroatoms. The summed E-state index contributed by atoms with van der Waals surface area (Å²) in [5.41, 5.74) is -1.19. The first-order valence-corrected chi connectivity index (χ1v) is 15.3. The highest BCUT2D eigenvalue weighted by Crippen LogP contribution is 2.37. The van der Waals surface area contributed by atoms with Crippen LogP contribution in [0, 0.1) is 0 Å². The quantitative estimate of drug-likeness (QED) is 0.461. The number of aromatic nitrogens is 1. The number of pyridine rings is 1. The molecule has 0 spiro atoms. The molecule has 0 amide bonds. The lowest BCUT2D eigenvalue weighted by Gasteiger charge is -2.31. The standard InChI is InChI=1S/C24H30F3N3O5S2/c25-24(26,27)22-7-1-2-8-23(22)37(33,34)30-15-3-5-19(30)6-4-18-36(31,32)29-16-11-21(12-17-29)35-20-9-13-28-14-10-20/h1-2,7-10,13-14,19,21H,3-6,11-12,15-18H2. The van der Waals surface area contributed by atoms with Crippen molar-refractivity contribution in [1.82, 2.24) is 13.6 Å². The van der Waals surface area contributed by atoms with Gasteiger partial charge in [-0.05, 0) is 62.8 Å². The van der Waals surface area contributed by atoms with E-state index in [1.807, 2.05) is 0 Å². The Balaban J connectivity index is 1.32. The number of hydrogen-bond acceptors (Lipinski definition) is 6. The van der Waals surface area contributed by atoms with Gasteiger partial charge >= 0.3 is 6.18 Å². The molecule has 1 aromatic heterocycles. The highest BCUT2D eigenvalue weighted by molar-refractivity contribution is 7.89. The summed E-state index contributed by atoms with van der Waals surface area (Å²) >= 11 is 0. The second-order valence-electron chi connectivity index (χ2n) is 9.26. The zero-order chi connectivity index (χ0) is 26.7. The summed E-state index contributed by atoms with van der Waals surface area (Å²) in [5.74, 6) is 0.539. The molecule has 2 saturated heterocycles. The molecule has 3 heterocycles. The maximum Gasteiger partial charge on any atom is 0.417 e. The van der Waals surface area contributed by atoms with Crippen LogP contribution in [0.1, 0.15) is 44.1 Å². The SMILES string of the molecule is O=S(=O)(CCCC1CCCN1S(=O)(=O)c1ccccc1C(F)(F)F)N1CCC(Oc2ccncc2)CC1. The van der Waals surface area contributed by atoms with Gasteiger partial charge in [-0.15, -0.1) is 0 Å². The van der Waals surface area contributed by atoms with Gasteiger partial charge in [-0.1, -0.05) is 12.1 Å². The molecule has 0 bridgehead atoms. The first kappa shape index (κ1) is 27.8. The fraction of sp³-hybridized carbons (Fsp3) is 0.542. The van der Waals surface area contributed by atoms with Crippen molar-refractivity contribution >= 4 is 20.0 Å². The average Bonchev–Trinajstić information content (AvgIpc) is 3.34. The van der Waals surface area contributed by atoms with E-state index < -0.39 is 42.7 Å². The number of nitrogens with zero attached hydrogens (tertiary/aromatic N) is 3. The van der Waals surface area contributed by atoms with Crippen LogP contribution in [-0.4, -0.2) is 68.0 Å². The van der Waals surface area contributed by atoms with Crippen molar-refractivity contribution < 1.29 is 34.7 Å². The third-order valence-electron chi connectivity index (χ3n) is 6.79. The Labute approximate surface area is 215 Å². The average molecular weight is 562 g/mol. The highest BCUT2D eigenvalue weighted by atomic mass is 32.2. The number of alkyl halides is 3. The minimum Gasteiger partial charge on any atom is -0.490 e. The molecule has 0 saturated carbocycles. The van der Waals surface area contributed by atoms with Gasteiger partial charge in [0.05, 0.1) is 16.2 Å². The lowest BCUT2D eigenvalue weighted by atomic mass is 10.1. The van der Waals surface area contributed by atoms with Crippen molar-refractivity contribution in [2.75, 3.05) is 25.4 Å². The second kappa shape index (κ2) is 11.3. The van der Waals surface area contributed by atoms with Crippen LogP contribution in [0.2, 0.25) is 0 Å². The van der Waals surface area contributed by atoms with Gasteiger partial charge in [0.15, 0.2) is 0 Å². The summed E-state index contributed by atoms with van der Waals surface area (Å²) < 4.78 is 101. The zero-order valence-electron chi connectivity index (χ0n) is 20.2. The van der Waals surface area contributed by atoms with Crippen LogP contribution in [-0.2, 0) is 26.2 Å². The summed E-state index contributed by atoms with van der Waals surface area (Å²) in [4.78, 5) is 3.17. The molecule has 2 aliphatic heterocycles. The van der Waals surface area contributed by atoms with Crippen LogP contribution >= 0.6 is 0 Å². The van der Waals surface area contributed by atoms with Crippen LogP contribution < -0.4 is 4.74 Å². The van der Waals surface area contributed by atoms with Crippen molar-refractivity contribution in [2.45, 2.75) is 61.7 Å². The number of rotatable bonds is 9. The Morgan fingerprint density at radius 3 is 2.30 bits per heavy atom. The van der Waals surface area contributed by atoms with Gasteiger partial charge in [-0.3, -0.25) is 4.98 Å². The Morgan fingerprint density at radius 1 is 0.946 bits per heavy atom. The van der Waals surface area contributed by atoms with E-state index in [-0.39, 0.29) is 31.2 Å². The van der Waals surface area contributed by atoms with Crippen molar-refractivity contribution in [3.63, 3.8) is 0 Å². The topological polar surface area (TPSA) is 96.9 Å². The summed E-state index contributed by atoms with van der Waals surface area (Å²) in [7, 11) is -7.94. The molecular formula is C24H30F3N3O5S2. The number of benzene rings is 1. The normalized spacial score (nSPS) is 20.8. The number of hydrogen-bond donors (Lipinski definition) is 0. The van der Waals surface area contributed by atoms with Crippen LogP contribution in [0.3, 0.4) is 0 Å². The third kappa shape index (κ3) is 6.62. The van der Waals surface area contributed by atoms with Crippen LogP contribution in [0.4, 0.5) is 13.2 Å². The summed E-state index contributed by atoms with van der Waals surface area (Å²) in [6, 6.07) is 7.11. The maximum absolute atomic E-state index is 13.4. The molecule has 0 radical (unpaired) electrons. The van der Waals surface area contributed by atoms with Gasteiger partial charge in [0.25, 0.3) is 0 Å². The summed E-state index contributed by atoms with van der Waals surface area (Å²) in [6.45, 7) is 0.767. The molecule has 1 aromatic carbocycles. The number of ether oxygens (including phenoxy) is 1. The molecule has 37 heavy (non-hydrogen) atoms. The molecule has 0 N–H and O–H groups in total. The highest BCUT2D eigenvalue weighted by Gasteiger charge is 2.42. The van der Waals surface area contributed by atoms with Crippen molar-refractivity contribution in [3.8, 4) is 5.75 Å². The molecule has 4 rings (SSSR count). The van der Waals surface area contributed by atoms with Crippen LogP contribution in [0.25, 0.3) is 0 Å². The smallest absolute Gasteiger partial charge is 0.417 e. The molecule has 0 aliphatic carbocycles. The molecule has 204 valence electrons. The van der Waals surface area contributed by atoms with E-state index >= 15 is 0 Å². The molecule has 2 aliphatic rings. The molecule has 1 atom stereocenters. The van der Waals surface area contributed by atoms with E-state index in [0.717, 1.165) is 22.5 Å². The van der Waals surface area contributed by atoms with Gasteiger partial charge in [-0.25, -0.2) is 21.1 Å². The first-order valence-electron chi connectivity index (χ1n) is 12.2. The molecule has 8 nitrogen and oxygen atoms in total.